The zero-order valence-corrected chi connectivity index (χ0v) is 44.4. The highest BCUT2D eigenvalue weighted by molar-refractivity contribution is 6.11. The number of anilines is 3. The van der Waals surface area contributed by atoms with E-state index in [2.05, 4.69) is 314 Å². The van der Waals surface area contributed by atoms with Gasteiger partial charge in [-0.2, -0.15) is 0 Å². The number of rotatable bonds is 13. The Morgan fingerprint density at radius 3 is 1.30 bits per heavy atom. The van der Waals surface area contributed by atoms with Crippen LogP contribution in [0, 0.1) is 0 Å². The zero-order chi connectivity index (χ0) is 53.6. The average Bonchev–Trinajstić information content (AvgIpc) is 4.16. The summed E-state index contributed by atoms with van der Waals surface area (Å²) >= 11 is 0. The number of aromatic nitrogens is 1. The lowest BCUT2D eigenvalue weighted by atomic mass is 9.68. The summed E-state index contributed by atoms with van der Waals surface area (Å²) in [5.41, 5.74) is 25.8. The molecule has 1 unspecified atom stereocenters. The van der Waals surface area contributed by atoms with Crippen molar-refractivity contribution in [2.24, 2.45) is 0 Å². The van der Waals surface area contributed by atoms with Gasteiger partial charge < -0.3 is 9.47 Å². The monoisotopic (exact) mass is 1020 g/mol. The Hall–Kier alpha value is -10.3. The molecule has 1 aromatic heterocycles. The fraction of sp³-hybridized carbons (Fsp3) is 0.0256. The first kappa shape index (κ1) is 48.1. The van der Waals surface area contributed by atoms with Gasteiger partial charge in [0, 0.05) is 33.5 Å². The second-order valence-electron chi connectivity index (χ2n) is 21.0. The normalized spacial score (nSPS) is 13.4. The van der Waals surface area contributed by atoms with Crippen molar-refractivity contribution in [3.05, 3.63) is 338 Å². The Morgan fingerprint density at radius 2 is 0.750 bits per heavy atom. The van der Waals surface area contributed by atoms with Gasteiger partial charge in [-0.3, -0.25) is 0 Å². The third-order valence-corrected chi connectivity index (χ3v) is 16.5. The molecule has 0 N–H and O–H groups in total. The minimum Gasteiger partial charge on any atom is -0.310 e. The van der Waals surface area contributed by atoms with E-state index >= 15 is 0 Å². The summed E-state index contributed by atoms with van der Waals surface area (Å²) in [6.07, 6.45) is 4.62. The fourth-order valence-corrected chi connectivity index (χ4v) is 12.5. The number of para-hydroxylation sites is 1. The van der Waals surface area contributed by atoms with Crippen molar-refractivity contribution in [2.45, 2.75) is 11.8 Å². The standard InChI is InChI=1S/C78H56N2/c1-3-54-24-26-56(27-25-54)53-78(65-18-10-6-11-19-65)74-23-15-14-22-70(74)71-47-46-69(52-75(71)78)79(67-42-36-59(37-43-67)57-16-8-5-9-17-57)68-44-38-60(39-45-68)58-32-34-62(35-33-58)64-41-49-77-73(51-64)72-50-63(61-30-28-55(4-2)29-31-61)40-48-76(72)80(77)66-20-12-7-13-21-66/h3-52H,1-2,53H2. The Bertz CT molecular complexity index is 4400. The molecule has 1 heterocycles. The van der Waals surface area contributed by atoms with Gasteiger partial charge in [-0.05, 0) is 168 Å². The number of benzene rings is 12. The Kier molecular flexibility index (Phi) is 12.2. The molecule has 13 aromatic rings. The van der Waals surface area contributed by atoms with Gasteiger partial charge in [0.05, 0.1) is 16.4 Å². The van der Waals surface area contributed by atoms with E-state index in [1.54, 1.807) is 0 Å². The van der Waals surface area contributed by atoms with Gasteiger partial charge in [-0.25, -0.2) is 0 Å². The molecular formula is C78H56N2. The van der Waals surface area contributed by atoms with Crippen molar-refractivity contribution in [1.82, 2.24) is 4.57 Å². The zero-order valence-electron chi connectivity index (χ0n) is 44.4. The highest BCUT2D eigenvalue weighted by Crippen LogP contribution is 2.56. The summed E-state index contributed by atoms with van der Waals surface area (Å²) in [5.74, 6) is 0. The Morgan fingerprint density at radius 1 is 0.338 bits per heavy atom. The van der Waals surface area contributed by atoms with Crippen LogP contribution >= 0.6 is 0 Å². The molecule has 2 nitrogen and oxygen atoms in total. The van der Waals surface area contributed by atoms with Crippen LogP contribution in [-0.2, 0) is 11.8 Å². The first-order valence-electron chi connectivity index (χ1n) is 27.6. The first-order valence-corrected chi connectivity index (χ1v) is 27.6. The number of hydrogen-bond acceptors (Lipinski definition) is 1. The van der Waals surface area contributed by atoms with Crippen molar-refractivity contribution >= 4 is 51.0 Å². The number of nitrogens with zero attached hydrogens (tertiary/aromatic N) is 2. The van der Waals surface area contributed by atoms with E-state index in [9.17, 15) is 0 Å². The third kappa shape index (κ3) is 8.46. The van der Waals surface area contributed by atoms with Crippen LogP contribution in [0.15, 0.2) is 304 Å². The van der Waals surface area contributed by atoms with Crippen molar-refractivity contribution < 1.29 is 0 Å². The van der Waals surface area contributed by atoms with Crippen molar-refractivity contribution in [3.8, 4) is 61.3 Å². The molecule has 1 aliphatic rings. The molecule has 0 saturated heterocycles. The smallest absolute Gasteiger partial charge is 0.0541 e. The van der Waals surface area contributed by atoms with Crippen LogP contribution in [0.2, 0.25) is 0 Å². The fourth-order valence-electron chi connectivity index (χ4n) is 12.5. The molecule has 0 fully saturated rings. The van der Waals surface area contributed by atoms with Crippen LogP contribution in [0.5, 0.6) is 0 Å². The molecule has 2 heteroatoms. The second kappa shape index (κ2) is 20.3. The van der Waals surface area contributed by atoms with Gasteiger partial charge in [0.1, 0.15) is 0 Å². The molecule has 0 saturated carbocycles. The molecule has 1 aliphatic carbocycles. The van der Waals surface area contributed by atoms with Crippen LogP contribution < -0.4 is 4.90 Å². The van der Waals surface area contributed by atoms with Crippen molar-refractivity contribution in [1.29, 1.82) is 0 Å². The van der Waals surface area contributed by atoms with Gasteiger partial charge in [0.15, 0.2) is 0 Å². The highest BCUT2D eigenvalue weighted by Gasteiger charge is 2.45. The maximum Gasteiger partial charge on any atom is 0.0541 e. The summed E-state index contributed by atoms with van der Waals surface area (Å²) in [5, 5.41) is 2.45. The maximum absolute atomic E-state index is 4.04. The molecule has 14 rings (SSSR count). The molecular weight excluding hydrogens is 965 g/mol. The van der Waals surface area contributed by atoms with Crippen molar-refractivity contribution in [3.63, 3.8) is 0 Å². The highest BCUT2D eigenvalue weighted by atomic mass is 15.1. The lowest BCUT2D eigenvalue weighted by Gasteiger charge is -2.34. The van der Waals surface area contributed by atoms with E-state index in [1.807, 2.05) is 12.2 Å². The minimum atomic E-state index is -0.438. The molecule has 0 radical (unpaired) electrons. The largest absolute Gasteiger partial charge is 0.310 e. The summed E-state index contributed by atoms with van der Waals surface area (Å²) in [6, 6.07) is 107. The molecule has 0 spiro atoms. The first-order chi connectivity index (χ1) is 39.5. The molecule has 378 valence electrons. The minimum absolute atomic E-state index is 0.438. The predicted molar refractivity (Wildman–Crippen MR) is 339 cm³/mol. The van der Waals surface area contributed by atoms with E-state index < -0.39 is 5.41 Å². The molecule has 0 bridgehead atoms. The summed E-state index contributed by atoms with van der Waals surface area (Å²) in [4.78, 5) is 2.42. The molecule has 0 amide bonds. The van der Waals surface area contributed by atoms with Gasteiger partial charge in [-0.1, -0.05) is 244 Å². The lowest BCUT2D eigenvalue weighted by molar-refractivity contribution is 0.629. The Balaban J connectivity index is 0.838. The molecule has 0 aliphatic heterocycles. The third-order valence-electron chi connectivity index (χ3n) is 16.5. The van der Waals surface area contributed by atoms with E-state index in [-0.39, 0.29) is 0 Å². The van der Waals surface area contributed by atoms with Gasteiger partial charge in [0.25, 0.3) is 0 Å². The van der Waals surface area contributed by atoms with E-state index in [4.69, 9.17) is 0 Å². The van der Waals surface area contributed by atoms with Crippen LogP contribution in [0.4, 0.5) is 17.1 Å². The van der Waals surface area contributed by atoms with Gasteiger partial charge >= 0.3 is 0 Å². The number of hydrogen-bond donors (Lipinski definition) is 0. The summed E-state index contributed by atoms with van der Waals surface area (Å²) in [7, 11) is 0. The van der Waals surface area contributed by atoms with Gasteiger partial charge in [-0.15, -0.1) is 0 Å². The molecule has 12 aromatic carbocycles. The van der Waals surface area contributed by atoms with Crippen molar-refractivity contribution in [2.75, 3.05) is 4.90 Å². The van der Waals surface area contributed by atoms with Crippen LogP contribution in [0.3, 0.4) is 0 Å². The van der Waals surface area contributed by atoms with Crippen LogP contribution in [-0.4, -0.2) is 4.57 Å². The van der Waals surface area contributed by atoms with Crippen LogP contribution in [0.25, 0.3) is 95.3 Å². The lowest BCUT2D eigenvalue weighted by Crippen LogP contribution is -2.30. The number of fused-ring (bicyclic) bond motifs is 6. The molecule has 80 heavy (non-hydrogen) atoms. The Labute approximate surface area is 468 Å². The SMILES string of the molecule is C=Cc1ccc(CC2(c3ccccc3)c3ccccc3-c3ccc(N(c4ccc(-c5ccccc5)cc4)c4ccc(-c5ccc(-c6ccc7c(c6)c6cc(-c8ccc(C=C)cc8)ccc6n7-c6ccccc6)cc5)cc4)cc32)cc1. The predicted octanol–water partition coefficient (Wildman–Crippen LogP) is 20.8. The van der Waals surface area contributed by atoms with E-state index in [0.29, 0.717) is 0 Å². The second-order valence-corrected chi connectivity index (χ2v) is 21.0. The average molecular weight is 1020 g/mol. The topological polar surface area (TPSA) is 8.17 Å². The summed E-state index contributed by atoms with van der Waals surface area (Å²) in [6.45, 7) is 8.00. The van der Waals surface area contributed by atoms with E-state index in [0.717, 1.165) is 51.4 Å². The summed E-state index contributed by atoms with van der Waals surface area (Å²) < 4.78 is 2.39. The quantitative estimate of drug-likeness (QED) is 0.112. The van der Waals surface area contributed by atoms with Crippen LogP contribution in [0.1, 0.15) is 33.4 Å². The van der Waals surface area contributed by atoms with E-state index in [1.165, 1.54) is 88.6 Å². The molecule has 1 atom stereocenters. The van der Waals surface area contributed by atoms with Gasteiger partial charge in [0.2, 0.25) is 0 Å². The maximum atomic E-state index is 4.04.